The Morgan fingerprint density at radius 2 is 1.85 bits per heavy atom. The molecule has 3 amide bonds. The Bertz CT molecular complexity index is 1980. The fourth-order valence-corrected chi connectivity index (χ4v) is 8.67. The van der Waals surface area contributed by atoms with Crippen molar-refractivity contribution in [3.8, 4) is 22.9 Å². The van der Waals surface area contributed by atoms with Gasteiger partial charge in [0.1, 0.15) is 46.8 Å². The number of ether oxygens (including phenoxy) is 3. The monoisotopic (exact) mass is 840 g/mol. The van der Waals surface area contributed by atoms with Crippen molar-refractivity contribution in [2.24, 2.45) is 11.3 Å². The third-order valence-electron chi connectivity index (χ3n) is 10.4. The highest BCUT2D eigenvalue weighted by molar-refractivity contribution is 9.10. The minimum atomic E-state index is -1.52. The Morgan fingerprint density at radius 3 is 2.47 bits per heavy atom. The van der Waals surface area contributed by atoms with Gasteiger partial charge in [-0.2, -0.15) is 0 Å². The zero-order chi connectivity index (χ0) is 39.8. The molecule has 0 unspecified atom stereocenters. The number of carboxylic acids is 1. The number of hydrogen-bond donors (Lipinski definition) is 4. The van der Waals surface area contributed by atoms with E-state index in [9.17, 15) is 24.3 Å². The number of anilines is 1. The van der Waals surface area contributed by atoms with Gasteiger partial charge in [0.15, 0.2) is 10.9 Å². The van der Waals surface area contributed by atoms with Crippen LogP contribution >= 0.6 is 27.3 Å². The van der Waals surface area contributed by atoms with Gasteiger partial charge in [0.05, 0.1) is 23.8 Å². The molecule has 1 aliphatic heterocycles. The van der Waals surface area contributed by atoms with Crippen molar-refractivity contribution >= 4 is 67.2 Å². The van der Waals surface area contributed by atoms with Crippen LogP contribution in [0, 0.1) is 11.3 Å². The smallest absolute Gasteiger partial charge is 0.408 e. The molecular weight excluding hydrogens is 792 g/mol. The van der Waals surface area contributed by atoms with Crippen molar-refractivity contribution in [3.63, 3.8) is 0 Å². The molecule has 0 spiro atoms. The van der Waals surface area contributed by atoms with Crippen LogP contribution in [0.25, 0.3) is 22.3 Å². The first-order valence-electron chi connectivity index (χ1n) is 18.6. The van der Waals surface area contributed by atoms with Crippen molar-refractivity contribution in [2.75, 3.05) is 19.0 Å². The SMILES string of the molecule is C=C[C@@H]1C[C@]1(NC(=O)[C@@H]1C[C@@H](Oc2cc(-c3csc(NC(C)C)n3)nc3c(OC)c(Br)ccc23)CN1C(=O)[C@@H](NC(=O)OC1CCCC1)C(C)(C)C)C(=O)O. The number of aliphatic carboxylic acids is 1. The highest BCUT2D eigenvalue weighted by atomic mass is 79.9. The summed E-state index contributed by atoms with van der Waals surface area (Å²) in [6, 6.07) is 3.44. The normalized spacial score (nSPS) is 23.0. The first-order chi connectivity index (χ1) is 26.0. The molecule has 1 saturated heterocycles. The second-order valence-corrected chi connectivity index (χ2v) is 17.6. The first kappa shape index (κ1) is 40.2. The number of methoxy groups -OCH3 is 1. The van der Waals surface area contributed by atoms with Gasteiger partial charge >= 0.3 is 12.1 Å². The maximum atomic E-state index is 14.6. The van der Waals surface area contributed by atoms with Crippen LogP contribution in [-0.4, -0.2) is 93.4 Å². The van der Waals surface area contributed by atoms with Gasteiger partial charge in [0, 0.05) is 35.2 Å². The van der Waals surface area contributed by atoms with E-state index in [1.54, 1.807) is 13.2 Å². The van der Waals surface area contributed by atoms with Crippen molar-refractivity contribution in [3.05, 3.63) is 40.7 Å². The summed E-state index contributed by atoms with van der Waals surface area (Å²) in [4.78, 5) is 65.3. The Kier molecular flexibility index (Phi) is 11.7. The zero-order valence-corrected chi connectivity index (χ0v) is 34.3. The topological polar surface area (TPSA) is 181 Å². The van der Waals surface area contributed by atoms with Crippen LogP contribution in [0.1, 0.15) is 73.1 Å². The van der Waals surface area contributed by atoms with Crippen LogP contribution in [0.4, 0.5) is 9.93 Å². The Balaban J connectivity index is 1.35. The van der Waals surface area contributed by atoms with Crippen molar-refractivity contribution in [1.29, 1.82) is 0 Å². The number of halogens is 1. The molecule has 3 heterocycles. The summed E-state index contributed by atoms with van der Waals surface area (Å²) in [5.41, 5.74) is -0.642. The molecule has 16 heteroatoms. The van der Waals surface area contributed by atoms with E-state index in [2.05, 4.69) is 38.5 Å². The average Bonchev–Trinajstić information content (AvgIpc) is 3.52. The summed E-state index contributed by atoms with van der Waals surface area (Å²) in [5.74, 6) is -1.87. The summed E-state index contributed by atoms with van der Waals surface area (Å²) < 4.78 is 18.8. The number of rotatable bonds is 13. The Morgan fingerprint density at radius 1 is 1.13 bits per heavy atom. The minimum Gasteiger partial charge on any atom is -0.493 e. The number of amides is 3. The standard InChI is InChI=1S/C39H49BrN6O8S/c1-8-21-17-39(21,35(49)50)45-33(47)28-15-23(18-46(28)34(48)32(38(4,5)6)44-37(51)54-22-11-9-10-12-22)53-29-16-26(27-19-55-36(43-27)41-20(2)3)42-30-24(29)13-14-25(40)31(30)52-7/h8,13-14,16,19-23,28,32H,1,9-12,15,17-18H2,2-7H3,(H,41,43)(H,44,51)(H,45,47)(H,49,50)/t21-,23-,28+,32-,39-/m1/s1. The minimum absolute atomic E-state index is 0.0280. The fourth-order valence-electron chi connectivity index (χ4n) is 7.34. The van der Waals surface area contributed by atoms with Gasteiger partial charge in [-0.05, 0) is 79.4 Å². The van der Waals surface area contributed by atoms with Crippen molar-refractivity contribution in [1.82, 2.24) is 25.5 Å². The van der Waals surface area contributed by atoms with Crippen LogP contribution in [0.3, 0.4) is 0 Å². The number of nitrogens with one attached hydrogen (secondary N) is 3. The van der Waals surface area contributed by atoms with E-state index in [0.29, 0.717) is 38.3 Å². The van der Waals surface area contributed by atoms with Gasteiger partial charge in [0.25, 0.3) is 0 Å². The maximum absolute atomic E-state index is 14.6. The largest absolute Gasteiger partial charge is 0.493 e. The molecule has 3 fully saturated rings. The molecule has 2 aromatic heterocycles. The van der Waals surface area contributed by atoms with Crippen LogP contribution in [0.2, 0.25) is 0 Å². The van der Waals surface area contributed by atoms with Gasteiger partial charge in [-0.15, -0.1) is 17.9 Å². The van der Waals surface area contributed by atoms with Crippen molar-refractivity contribution < 1.29 is 38.5 Å². The Labute approximate surface area is 332 Å². The summed E-state index contributed by atoms with van der Waals surface area (Å²) in [6.45, 7) is 13.2. The lowest BCUT2D eigenvalue weighted by Gasteiger charge is -2.35. The molecular formula is C39H49BrN6O8S. The van der Waals surface area contributed by atoms with Gasteiger partial charge in [-0.1, -0.05) is 26.8 Å². The molecule has 6 rings (SSSR count). The summed E-state index contributed by atoms with van der Waals surface area (Å²) in [7, 11) is 1.55. The van der Waals surface area contributed by atoms with E-state index in [0.717, 1.165) is 30.8 Å². The molecule has 2 saturated carbocycles. The molecule has 1 aromatic carbocycles. The molecule has 3 aromatic rings. The highest BCUT2D eigenvalue weighted by Gasteiger charge is 2.61. The van der Waals surface area contributed by atoms with E-state index >= 15 is 0 Å². The molecule has 0 bridgehead atoms. The first-order valence-corrected chi connectivity index (χ1v) is 20.2. The van der Waals surface area contributed by atoms with Crippen LogP contribution in [0.5, 0.6) is 11.5 Å². The third-order valence-corrected chi connectivity index (χ3v) is 11.8. The molecule has 4 N–H and O–H groups in total. The predicted molar refractivity (Wildman–Crippen MR) is 212 cm³/mol. The van der Waals surface area contributed by atoms with Crippen LogP contribution in [0.15, 0.2) is 40.7 Å². The van der Waals surface area contributed by atoms with Gasteiger partial charge in [-0.25, -0.2) is 19.6 Å². The Hall–Kier alpha value is -4.44. The second kappa shape index (κ2) is 16.0. The van der Waals surface area contributed by atoms with Gasteiger partial charge in [-0.3, -0.25) is 9.59 Å². The lowest BCUT2D eigenvalue weighted by Crippen LogP contribution is -2.59. The quantitative estimate of drug-likeness (QED) is 0.138. The van der Waals surface area contributed by atoms with Crippen LogP contribution in [-0.2, 0) is 19.1 Å². The van der Waals surface area contributed by atoms with E-state index in [1.165, 1.54) is 22.3 Å². The summed E-state index contributed by atoms with van der Waals surface area (Å²) >= 11 is 5.01. The molecule has 3 aliphatic rings. The van der Waals surface area contributed by atoms with Gasteiger partial charge < -0.3 is 40.2 Å². The maximum Gasteiger partial charge on any atom is 0.408 e. The number of carboxylic acid groups (broad SMARTS) is 1. The lowest BCUT2D eigenvalue weighted by molar-refractivity contribution is -0.146. The number of pyridine rings is 1. The average molecular weight is 842 g/mol. The molecule has 2 aliphatic carbocycles. The lowest BCUT2D eigenvalue weighted by atomic mass is 9.85. The number of nitrogens with zero attached hydrogens (tertiary/aromatic N) is 3. The number of alkyl carbamates (subject to hydrolysis) is 1. The zero-order valence-electron chi connectivity index (χ0n) is 31.9. The van der Waals surface area contributed by atoms with E-state index in [4.69, 9.17) is 24.2 Å². The number of hydrogen-bond acceptors (Lipinski definition) is 11. The number of aromatic nitrogens is 2. The molecule has 14 nitrogen and oxygen atoms in total. The number of fused-ring (bicyclic) bond motifs is 1. The summed E-state index contributed by atoms with van der Waals surface area (Å²) in [6.07, 6.45) is 3.56. The fraction of sp³-hybridized carbons (Fsp3) is 0.538. The van der Waals surface area contributed by atoms with Crippen molar-refractivity contribution in [2.45, 2.75) is 109 Å². The number of carbonyl (C=O) groups excluding carboxylic acids is 3. The third kappa shape index (κ3) is 8.54. The number of thiazole rings is 1. The second-order valence-electron chi connectivity index (χ2n) is 15.9. The van der Waals surface area contributed by atoms with E-state index in [-0.39, 0.29) is 31.5 Å². The number of likely N-dealkylation sites (tertiary alicyclic amines) is 1. The van der Waals surface area contributed by atoms with Crippen LogP contribution < -0.4 is 25.4 Å². The number of carbonyl (C=O) groups is 4. The molecule has 55 heavy (non-hydrogen) atoms. The predicted octanol–water partition coefficient (Wildman–Crippen LogP) is 6.53. The molecule has 296 valence electrons. The van der Waals surface area contributed by atoms with Gasteiger partial charge in [0.2, 0.25) is 11.8 Å². The van der Waals surface area contributed by atoms with E-state index < -0.39 is 58.9 Å². The number of benzene rings is 1. The highest BCUT2D eigenvalue weighted by Crippen LogP contribution is 2.45. The summed E-state index contributed by atoms with van der Waals surface area (Å²) in [5, 5.41) is 22.2. The van der Waals surface area contributed by atoms with E-state index in [1.807, 2.05) is 52.1 Å². The molecule has 5 atom stereocenters. The molecule has 0 radical (unpaired) electrons.